The van der Waals surface area contributed by atoms with Gasteiger partial charge in [0.25, 0.3) is 0 Å². The third-order valence-electron chi connectivity index (χ3n) is 3.97. The fraction of sp³-hybridized carbons (Fsp3) is 0.278. The number of rotatable bonds is 4. The molecule has 1 atom stereocenters. The van der Waals surface area contributed by atoms with Crippen LogP contribution in [-0.4, -0.2) is 28.8 Å². The number of aliphatic hydroxyl groups excluding tert-OH is 1. The van der Waals surface area contributed by atoms with Crippen LogP contribution in [0.15, 0.2) is 48.5 Å². The Kier molecular flexibility index (Phi) is 3.86. The van der Waals surface area contributed by atoms with Crippen molar-refractivity contribution in [3.05, 3.63) is 59.9 Å². The molecule has 0 radical (unpaired) electrons. The van der Waals surface area contributed by atoms with Crippen molar-refractivity contribution in [3.63, 3.8) is 0 Å². The Morgan fingerprint density at radius 2 is 1.77 bits per heavy atom. The lowest BCUT2D eigenvalue weighted by Crippen LogP contribution is -2.11. The Hall–Kier alpha value is -2.33. The number of aryl methyl sites for hydroxylation is 1. The van der Waals surface area contributed by atoms with Gasteiger partial charge in [0.2, 0.25) is 0 Å². The summed E-state index contributed by atoms with van der Waals surface area (Å²) in [7, 11) is 4.00. The van der Waals surface area contributed by atoms with E-state index in [1.165, 1.54) is 0 Å². The molecular weight excluding hydrogens is 274 g/mol. The van der Waals surface area contributed by atoms with Gasteiger partial charge in [-0.05, 0) is 36.8 Å². The Labute approximate surface area is 130 Å². The molecule has 0 saturated carbocycles. The van der Waals surface area contributed by atoms with Crippen molar-refractivity contribution >= 4 is 16.7 Å². The summed E-state index contributed by atoms with van der Waals surface area (Å²) in [6, 6.07) is 15.9. The van der Waals surface area contributed by atoms with Gasteiger partial charge < -0.3 is 14.6 Å². The highest BCUT2D eigenvalue weighted by molar-refractivity contribution is 5.76. The molecule has 2 aromatic carbocycles. The van der Waals surface area contributed by atoms with E-state index in [2.05, 4.69) is 16.5 Å². The van der Waals surface area contributed by atoms with Crippen molar-refractivity contribution < 1.29 is 5.11 Å². The fourth-order valence-corrected chi connectivity index (χ4v) is 2.74. The minimum atomic E-state index is -0.719. The average Bonchev–Trinajstić information content (AvgIpc) is 2.92. The van der Waals surface area contributed by atoms with E-state index in [1.807, 2.05) is 67.5 Å². The molecule has 0 aliphatic rings. The van der Waals surface area contributed by atoms with Gasteiger partial charge in [0, 0.05) is 26.3 Å². The summed E-state index contributed by atoms with van der Waals surface area (Å²) in [6.45, 7) is 2.85. The molecule has 0 fully saturated rings. The number of imidazole rings is 1. The third kappa shape index (κ3) is 2.46. The monoisotopic (exact) mass is 295 g/mol. The lowest BCUT2D eigenvalue weighted by Gasteiger charge is -2.16. The first kappa shape index (κ1) is 14.6. The SMILES string of the molecule is CCn1c(C(O)c2ccc(N(C)C)cc2)nc2ccccc21. The van der Waals surface area contributed by atoms with Gasteiger partial charge >= 0.3 is 0 Å². The van der Waals surface area contributed by atoms with Gasteiger partial charge in [-0.3, -0.25) is 0 Å². The molecule has 0 aliphatic heterocycles. The number of hydrogen-bond acceptors (Lipinski definition) is 3. The Morgan fingerprint density at radius 1 is 1.09 bits per heavy atom. The van der Waals surface area contributed by atoms with Crippen molar-refractivity contribution in [1.29, 1.82) is 0 Å². The fourth-order valence-electron chi connectivity index (χ4n) is 2.74. The summed E-state index contributed by atoms with van der Waals surface area (Å²) in [6.07, 6.45) is -0.719. The molecule has 1 heterocycles. The normalized spacial score (nSPS) is 12.5. The molecule has 0 spiro atoms. The summed E-state index contributed by atoms with van der Waals surface area (Å²) < 4.78 is 2.07. The van der Waals surface area contributed by atoms with E-state index in [9.17, 15) is 5.11 Å². The predicted molar refractivity (Wildman–Crippen MR) is 90.2 cm³/mol. The van der Waals surface area contributed by atoms with Crippen molar-refractivity contribution in [3.8, 4) is 0 Å². The van der Waals surface area contributed by atoms with E-state index in [0.717, 1.165) is 28.8 Å². The summed E-state index contributed by atoms with van der Waals surface area (Å²) in [5.41, 5.74) is 3.95. The van der Waals surface area contributed by atoms with E-state index in [0.29, 0.717) is 5.82 Å². The summed E-state index contributed by atoms with van der Waals surface area (Å²) >= 11 is 0. The topological polar surface area (TPSA) is 41.3 Å². The van der Waals surface area contributed by atoms with Gasteiger partial charge in [-0.2, -0.15) is 0 Å². The van der Waals surface area contributed by atoms with E-state index < -0.39 is 6.10 Å². The number of anilines is 1. The van der Waals surface area contributed by atoms with Crippen molar-refractivity contribution in [2.45, 2.75) is 19.6 Å². The highest BCUT2D eigenvalue weighted by Crippen LogP contribution is 2.26. The standard InChI is InChI=1S/C18H21N3O/c1-4-21-16-8-6-5-7-15(16)19-18(21)17(22)13-9-11-14(12-10-13)20(2)3/h5-12,17,22H,4H2,1-3H3. The molecule has 1 aromatic heterocycles. The second-order valence-electron chi connectivity index (χ2n) is 5.59. The van der Waals surface area contributed by atoms with Crippen LogP contribution in [0, 0.1) is 0 Å². The van der Waals surface area contributed by atoms with E-state index in [4.69, 9.17) is 0 Å². The molecule has 4 nitrogen and oxygen atoms in total. The molecule has 1 unspecified atom stereocenters. The largest absolute Gasteiger partial charge is 0.380 e. The maximum absolute atomic E-state index is 10.7. The first-order valence-corrected chi connectivity index (χ1v) is 7.52. The first-order chi connectivity index (χ1) is 10.6. The number of fused-ring (bicyclic) bond motifs is 1. The average molecular weight is 295 g/mol. The third-order valence-corrected chi connectivity index (χ3v) is 3.97. The molecule has 114 valence electrons. The van der Waals surface area contributed by atoms with Crippen LogP contribution in [-0.2, 0) is 6.54 Å². The van der Waals surface area contributed by atoms with Gasteiger partial charge in [-0.15, -0.1) is 0 Å². The smallest absolute Gasteiger partial charge is 0.143 e. The summed E-state index contributed by atoms with van der Waals surface area (Å²) in [4.78, 5) is 6.66. The molecule has 4 heteroatoms. The van der Waals surface area contributed by atoms with Gasteiger partial charge in [-0.25, -0.2) is 4.98 Å². The highest BCUT2D eigenvalue weighted by atomic mass is 16.3. The first-order valence-electron chi connectivity index (χ1n) is 7.52. The van der Waals surface area contributed by atoms with Crippen LogP contribution in [0.4, 0.5) is 5.69 Å². The number of nitrogens with zero attached hydrogens (tertiary/aromatic N) is 3. The Balaban J connectivity index is 2.02. The molecule has 1 N–H and O–H groups in total. The van der Waals surface area contributed by atoms with Gasteiger partial charge in [-0.1, -0.05) is 24.3 Å². The van der Waals surface area contributed by atoms with Crippen LogP contribution in [0.1, 0.15) is 24.4 Å². The number of para-hydroxylation sites is 2. The number of benzene rings is 2. The number of aromatic nitrogens is 2. The van der Waals surface area contributed by atoms with Crippen LogP contribution in [0.2, 0.25) is 0 Å². The lowest BCUT2D eigenvalue weighted by atomic mass is 10.1. The maximum Gasteiger partial charge on any atom is 0.143 e. The van der Waals surface area contributed by atoms with Crippen LogP contribution in [0.25, 0.3) is 11.0 Å². The maximum atomic E-state index is 10.7. The van der Waals surface area contributed by atoms with Gasteiger partial charge in [0.05, 0.1) is 11.0 Å². The minimum Gasteiger partial charge on any atom is -0.380 e. The zero-order valence-corrected chi connectivity index (χ0v) is 13.2. The van der Waals surface area contributed by atoms with Crippen molar-refractivity contribution in [2.75, 3.05) is 19.0 Å². The van der Waals surface area contributed by atoms with Crippen LogP contribution in [0.3, 0.4) is 0 Å². The predicted octanol–water partition coefficient (Wildman–Crippen LogP) is 3.20. The van der Waals surface area contributed by atoms with E-state index >= 15 is 0 Å². The van der Waals surface area contributed by atoms with Crippen LogP contribution >= 0.6 is 0 Å². The zero-order valence-electron chi connectivity index (χ0n) is 13.2. The second kappa shape index (κ2) is 5.81. The van der Waals surface area contributed by atoms with Gasteiger partial charge in [0.15, 0.2) is 0 Å². The number of aliphatic hydroxyl groups is 1. The van der Waals surface area contributed by atoms with Gasteiger partial charge in [0.1, 0.15) is 11.9 Å². The quantitative estimate of drug-likeness (QED) is 0.803. The van der Waals surface area contributed by atoms with Crippen LogP contribution in [0.5, 0.6) is 0 Å². The molecule has 0 aliphatic carbocycles. The zero-order chi connectivity index (χ0) is 15.7. The molecule has 22 heavy (non-hydrogen) atoms. The molecular formula is C18H21N3O. The summed E-state index contributed by atoms with van der Waals surface area (Å²) in [5, 5.41) is 10.7. The van der Waals surface area contributed by atoms with Crippen molar-refractivity contribution in [2.24, 2.45) is 0 Å². The Morgan fingerprint density at radius 3 is 2.41 bits per heavy atom. The lowest BCUT2D eigenvalue weighted by molar-refractivity contribution is 0.205. The Bertz CT molecular complexity index is 775. The van der Waals surface area contributed by atoms with E-state index in [1.54, 1.807) is 0 Å². The summed E-state index contributed by atoms with van der Waals surface area (Å²) in [5.74, 6) is 0.696. The molecule has 0 bridgehead atoms. The molecule has 0 amide bonds. The minimum absolute atomic E-state index is 0.696. The number of hydrogen-bond donors (Lipinski definition) is 1. The van der Waals surface area contributed by atoms with Crippen LogP contribution < -0.4 is 4.90 Å². The molecule has 3 rings (SSSR count). The second-order valence-corrected chi connectivity index (χ2v) is 5.59. The molecule has 0 saturated heterocycles. The molecule has 3 aromatic rings. The highest BCUT2D eigenvalue weighted by Gasteiger charge is 2.19. The van der Waals surface area contributed by atoms with E-state index in [-0.39, 0.29) is 0 Å². The van der Waals surface area contributed by atoms with Crippen molar-refractivity contribution in [1.82, 2.24) is 9.55 Å².